The van der Waals surface area contributed by atoms with Gasteiger partial charge in [-0.1, -0.05) is 12.1 Å². The summed E-state index contributed by atoms with van der Waals surface area (Å²) in [6, 6.07) is 10.7. The summed E-state index contributed by atoms with van der Waals surface area (Å²) in [6.07, 6.45) is 1.08. The van der Waals surface area contributed by atoms with E-state index in [2.05, 4.69) is 5.32 Å². The van der Waals surface area contributed by atoms with E-state index in [0.717, 1.165) is 11.1 Å². The normalized spacial score (nSPS) is 20.2. The van der Waals surface area contributed by atoms with Gasteiger partial charge in [0.1, 0.15) is 0 Å². The molecule has 0 radical (unpaired) electrons. The summed E-state index contributed by atoms with van der Waals surface area (Å²) < 4.78 is 16.6. The van der Waals surface area contributed by atoms with Gasteiger partial charge < -0.3 is 24.6 Å². The number of aromatic hydroxyl groups is 1. The lowest BCUT2D eigenvalue weighted by Crippen LogP contribution is -2.38. The zero-order valence-corrected chi connectivity index (χ0v) is 19.1. The molecule has 4 rings (SSSR count). The van der Waals surface area contributed by atoms with Crippen molar-refractivity contribution in [2.75, 3.05) is 20.3 Å². The number of carbonyl (C=O) groups excluding carboxylic acids is 2. The van der Waals surface area contributed by atoms with Crippen LogP contribution in [-0.2, 0) is 9.59 Å². The van der Waals surface area contributed by atoms with Crippen molar-refractivity contribution in [1.29, 1.82) is 0 Å². The molecule has 2 aliphatic rings. The SMILES string of the molecule is CCOc1cc(C2CC(=O)NC3=C2C(=O)CC(c2ccc(OCC)c(OC)c2)C3)ccc1O. The number of hydrogen-bond acceptors (Lipinski definition) is 6. The van der Waals surface area contributed by atoms with Gasteiger partial charge in [0.25, 0.3) is 0 Å². The number of rotatable bonds is 7. The van der Waals surface area contributed by atoms with Gasteiger partial charge in [0.15, 0.2) is 28.8 Å². The molecule has 2 aromatic rings. The monoisotopic (exact) mass is 451 g/mol. The maximum Gasteiger partial charge on any atom is 0.225 e. The summed E-state index contributed by atoms with van der Waals surface area (Å²) in [4.78, 5) is 25.9. The lowest BCUT2D eigenvalue weighted by molar-refractivity contribution is -0.122. The Morgan fingerprint density at radius 3 is 2.33 bits per heavy atom. The van der Waals surface area contributed by atoms with Crippen LogP contribution < -0.4 is 19.5 Å². The van der Waals surface area contributed by atoms with Crippen molar-refractivity contribution in [3.8, 4) is 23.0 Å². The molecular formula is C26H29NO6. The molecule has 0 aromatic heterocycles. The third-order valence-corrected chi connectivity index (χ3v) is 6.18. The molecule has 2 N–H and O–H groups in total. The Kier molecular flexibility index (Phi) is 6.58. The van der Waals surface area contributed by atoms with Crippen molar-refractivity contribution in [3.05, 3.63) is 58.8 Å². The molecule has 1 heterocycles. The fourth-order valence-corrected chi connectivity index (χ4v) is 4.71. The Balaban J connectivity index is 1.67. The van der Waals surface area contributed by atoms with E-state index in [4.69, 9.17) is 14.2 Å². The quantitative estimate of drug-likeness (QED) is 0.655. The zero-order chi connectivity index (χ0) is 23.5. The fourth-order valence-electron chi connectivity index (χ4n) is 4.71. The first-order chi connectivity index (χ1) is 15.9. The molecule has 0 bridgehead atoms. The van der Waals surface area contributed by atoms with Gasteiger partial charge in [0, 0.05) is 30.0 Å². The number of Topliss-reactive ketones (excluding diaryl/α,β-unsaturated/α-hetero) is 1. The Hall–Kier alpha value is -3.48. The van der Waals surface area contributed by atoms with Crippen LogP contribution in [0, 0.1) is 0 Å². The van der Waals surface area contributed by atoms with E-state index in [1.54, 1.807) is 25.3 Å². The first kappa shape index (κ1) is 22.7. The molecule has 2 atom stereocenters. The van der Waals surface area contributed by atoms with Crippen LogP contribution in [0.4, 0.5) is 0 Å². The number of benzene rings is 2. The summed E-state index contributed by atoms with van der Waals surface area (Å²) in [6.45, 7) is 4.68. The Bertz CT molecular complexity index is 1110. The molecule has 174 valence electrons. The number of ketones is 1. The minimum atomic E-state index is -0.364. The van der Waals surface area contributed by atoms with Crippen LogP contribution in [0.25, 0.3) is 0 Å². The summed E-state index contributed by atoms with van der Waals surface area (Å²) in [5, 5.41) is 13.0. The van der Waals surface area contributed by atoms with Crippen molar-refractivity contribution in [2.24, 2.45) is 0 Å². The molecule has 2 unspecified atom stereocenters. The Morgan fingerprint density at radius 1 is 0.909 bits per heavy atom. The number of hydrogen-bond donors (Lipinski definition) is 2. The molecule has 0 fully saturated rings. The molecule has 0 saturated heterocycles. The first-order valence-electron chi connectivity index (χ1n) is 11.3. The smallest absolute Gasteiger partial charge is 0.225 e. The minimum absolute atomic E-state index is 0.0186. The van der Waals surface area contributed by atoms with Crippen LogP contribution in [0.1, 0.15) is 56.1 Å². The summed E-state index contributed by atoms with van der Waals surface area (Å²) in [7, 11) is 1.59. The maximum absolute atomic E-state index is 13.4. The van der Waals surface area contributed by atoms with Gasteiger partial charge >= 0.3 is 0 Å². The Labute approximate surface area is 193 Å². The van der Waals surface area contributed by atoms with Gasteiger partial charge in [-0.25, -0.2) is 0 Å². The Morgan fingerprint density at radius 2 is 1.61 bits per heavy atom. The van der Waals surface area contributed by atoms with Gasteiger partial charge in [0.05, 0.1) is 20.3 Å². The lowest BCUT2D eigenvalue weighted by Gasteiger charge is -2.34. The average molecular weight is 452 g/mol. The summed E-state index contributed by atoms with van der Waals surface area (Å²) >= 11 is 0. The standard InChI is InChI=1S/C26H29NO6/c1-4-32-22-9-7-15(12-24(22)31-3)17-10-19-26(21(29)11-17)18(14-25(30)27-19)16-6-8-20(28)23(13-16)33-5-2/h6-9,12-13,17-18,28H,4-5,10-11,14H2,1-3H3,(H,27,30). The molecule has 1 aliphatic heterocycles. The number of ether oxygens (including phenoxy) is 3. The minimum Gasteiger partial charge on any atom is -0.504 e. The second-order valence-corrected chi connectivity index (χ2v) is 8.23. The van der Waals surface area contributed by atoms with Crippen LogP contribution in [0.5, 0.6) is 23.0 Å². The highest BCUT2D eigenvalue weighted by atomic mass is 16.5. The number of phenolic OH excluding ortho intramolecular Hbond substituents is 1. The fraction of sp³-hybridized carbons (Fsp3) is 0.385. The van der Waals surface area contributed by atoms with Crippen molar-refractivity contribution < 1.29 is 28.9 Å². The van der Waals surface area contributed by atoms with Crippen LogP contribution in [0.15, 0.2) is 47.7 Å². The first-order valence-corrected chi connectivity index (χ1v) is 11.3. The number of amides is 1. The highest BCUT2D eigenvalue weighted by Gasteiger charge is 2.38. The highest BCUT2D eigenvalue weighted by molar-refractivity contribution is 6.02. The molecule has 0 spiro atoms. The summed E-state index contributed by atoms with van der Waals surface area (Å²) in [5.41, 5.74) is 3.08. The largest absolute Gasteiger partial charge is 0.504 e. The van der Waals surface area contributed by atoms with Crippen molar-refractivity contribution in [1.82, 2.24) is 5.32 Å². The van der Waals surface area contributed by atoms with Gasteiger partial charge in [-0.2, -0.15) is 0 Å². The third-order valence-electron chi connectivity index (χ3n) is 6.18. The molecule has 1 aliphatic carbocycles. The van der Waals surface area contributed by atoms with Crippen LogP contribution in [0.2, 0.25) is 0 Å². The van der Waals surface area contributed by atoms with Crippen LogP contribution in [0.3, 0.4) is 0 Å². The second-order valence-electron chi connectivity index (χ2n) is 8.23. The molecule has 2 aromatic carbocycles. The topological polar surface area (TPSA) is 94.1 Å². The lowest BCUT2D eigenvalue weighted by atomic mass is 9.73. The second kappa shape index (κ2) is 9.57. The van der Waals surface area contributed by atoms with E-state index in [9.17, 15) is 14.7 Å². The van der Waals surface area contributed by atoms with Gasteiger partial charge in [-0.3, -0.25) is 9.59 Å². The number of allylic oxidation sites excluding steroid dienone is 2. The van der Waals surface area contributed by atoms with Gasteiger partial charge in [-0.05, 0) is 61.6 Å². The number of methoxy groups -OCH3 is 1. The van der Waals surface area contributed by atoms with Crippen molar-refractivity contribution in [3.63, 3.8) is 0 Å². The molecule has 7 nitrogen and oxygen atoms in total. The molecule has 1 amide bonds. The van der Waals surface area contributed by atoms with E-state index < -0.39 is 0 Å². The summed E-state index contributed by atoms with van der Waals surface area (Å²) in [5.74, 6) is 1.14. The number of nitrogens with one attached hydrogen (secondary N) is 1. The molecule has 7 heteroatoms. The van der Waals surface area contributed by atoms with E-state index in [-0.39, 0.29) is 35.7 Å². The zero-order valence-electron chi connectivity index (χ0n) is 19.1. The molecule has 33 heavy (non-hydrogen) atoms. The molecular weight excluding hydrogens is 422 g/mol. The van der Waals surface area contributed by atoms with Crippen molar-refractivity contribution >= 4 is 11.7 Å². The van der Waals surface area contributed by atoms with E-state index in [1.165, 1.54) is 0 Å². The van der Waals surface area contributed by atoms with Crippen molar-refractivity contribution in [2.45, 2.75) is 44.9 Å². The van der Waals surface area contributed by atoms with Gasteiger partial charge in [-0.15, -0.1) is 0 Å². The number of phenols is 1. The van der Waals surface area contributed by atoms with E-state index in [0.29, 0.717) is 54.6 Å². The van der Waals surface area contributed by atoms with Crippen LogP contribution >= 0.6 is 0 Å². The number of carbonyl (C=O) groups is 2. The predicted molar refractivity (Wildman–Crippen MR) is 123 cm³/mol. The maximum atomic E-state index is 13.4. The third kappa shape index (κ3) is 4.53. The van der Waals surface area contributed by atoms with Crippen LogP contribution in [-0.4, -0.2) is 37.1 Å². The average Bonchev–Trinajstić information content (AvgIpc) is 2.80. The van der Waals surface area contributed by atoms with E-state index in [1.807, 2.05) is 32.0 Å². The van der Waals surface area contributed by atoms with Gasteiger partial charge in [0.2, 0.25) is 5.91 Å². The highest BCUT2D eigenvalue weighted by Crippen LogP contribution is 2.45. The molecule has 0 saturated carbocycles. The predicted octanol–water partition coefficient (Wildman–Crippen LogP) is 4.20. The van der Waals surface area contributed by atoms with E-state index >= 15 is 0 Å².